The molecule has 0 bridgehead atoms. The molecular weight excluding hydrogens is 256 g/mol. The first kappa shape index (κ1) is 18.4. The van der Waals surface area contributed by atoms with Gasteiger partial charge in [0.05, 0.1) is 0 Å². The lowest BCUT2D eigenvalue weighted by Gasteiger charge is -2.36. The Balaban J connectivity index is 3.82. The summed E-state index contributed by atoms with van der Waals surface area (Å²) in [4.78, 5) is 0. The van der Waals surface area contributed by atoms with Crippen molar-refractivity contribution in [2.75, 3.05) is 13.2 Å². The minimum absolute atomic E-state index is 0.326. The Morgan fingerprint density at radius 1 is 0.889 bits per heavy atom. The quantitative estimate of drug-likeness (QED) is 0.461. The first-order chi connectivity index (χ1) is 8.02. The van der Waals surface area contributed by atoms with Gasteiger partial charge >= 0.3 is 0 Å². The third-order valence-electron chi connectivity index (χ3n) is 3.98. The second-order valence-electron chi connectivity index (χ2n) is 7.26. The van der Waals surface area contributed by atoms with E-state index in [9.17, 15) is 0 Å². The molecule has 0 heterocycles. The molecule has 0 aliphatic rings. The molecule has 0 radical (unpaired) electrons. The molecule has 0 aromatic rings. The molecule has 0 spiro atoms. The zero-order valence-electron chi connectivity index (χ0n) is 13.9. The van der Waals surface area contributed by atoms with Gasteiger partial charge < -0.3 is 8.85 Å². The number of unbranched alkanes of at least 4 members (excludes halogenated alkanes) is 1. The Labute approximate surface area is 117 Å². The molecule has 0 atom stereocenters. The summed E-state index contributed by atoms with van der Waals surface area (Å²) in [5, 5.41) is 0.326. The number of hydrogen-bond acceptors (Lipinski definition) is 2. The van der Waals surface area contributed by atoms with Crippen LogP contribution in [-0.4, -0.2) is 29.8 Å². The zero-order valence-corrected chi connectivity index (χ0v) is 15.9. The van der Waals surface area contributed by atoms with Crippen LogP contribution >= 0.6 is 0 Å². The molecule has 0 saturated heterocycles. The monoisotopic (exact) mass is 290 g/mol. The lowest BCUT2D eigenvalue weighted by atomic mass is 10.2. The standard InChI is InChI=1S/C14H34O2Si2/c1-9-15-17(5,6)13-11-10-12-16-18(7,8)14(2,3)4/h9-13H2,1-8H3. The van der Waals surface area contributed by atoms with Crippen molar-refractivity contribution in [1.29, 1.82) is 0 Å². The minimum Gasteiger partial charge on any atom is -0.418 e. The van der Waals surface area contributed by atoms with Crippen LogP contribution in [0.2, 0.25) is 37.3 Å². The molecule has 0 rings (SSSR count). The summed E-state index contributed by atoms with van der Waals surface area (Å²) in [7, 11) is -2.92. The molecule has 0 aliphatic carbocycles. The SMILES string of the molecule is CCO[Si](C)(C)CCCCO[Si](C)(C)C(C)(C)C. The number of hydrogen-bond donors (Lipinski definition) is 0. The van der Waals surface area contributed by atoms with Gasteiger partial charge in [0, 0.05) is 13.2 Å². The van der Waals surface area contributed by atoms with E-state index >= 15 is 0 Å². The highest BCUT2D eigenvalue weighted by Crippen LogP contribution is 2.36. The van der Waals surface area contributed by atoms with Gasteiger partial charge in [-0.15, -0.1) is 0 Å². The van der Waals surface area contributed by atoms with Crippen LogP contribution in [0.5, 0.6) is 0 Å². The van der Waals surface area contributed by atoms with Crippen LogP contribution in [0.3, 0.4) is 0 Å². The van der Waals surface area contributed by atoms with Crippen molar-refractivity contribution in [3.8, 4) is 0 Å². The molecule has 110 valence electrons. The van der Waals surface area contributed by atoms with Gasteiger partial charge in [0.2, 0.25) is 0 Å². The summed E-state index contributed by atoms with van der Waals surface area (Å²) in [5.41, 5.74) is 0. The van der Waals surface area contributed by atoms with Crippen molar-refractivity contribution < 1.29 is 8.85 Å². The molecule has 0 N–H and O–H groups in total. The van der Waals surface area contributed by atoms with Crippen molar-refractivity contribution >= 4 is 16.6 Å². The van der Waals surface area contributed by atoms with Crippen LogP contribution in [0.4, 0.5) is 0 Å². The van der Waals surface area contributed by atoms with Crippen LogP contribution in [0.1, 0.15) is 40.5 Å². The third-order valence-corrected chi connectivity index (χ3v) is 11.1. The Morgan fingerprint density at radius 3 is 1.89 bits per heavy atom. The zero-order chi connectivity index (χ0) is 14.4. The summed E-state index contributed by atoms with van der Waals surface area (Å²) in [6.07, 6.45) is 2.42. The molecule has 0 aliphatic heterocycles. The normalized spacial score (nSPS) is 14.0. The maximum Gasteiger partial charge on any atom is 0.191 e. The van der Waals surface area contributed by atoms with E-state index in [1.165, 1.54) is 18.9 Å². The van der Waals surface area contributed by atoms with E-state index in [0.717, 1.165) is 13.2 Å². The Kier molecular flexibility index (Phi) is 7.36. The molecule has 0 aromatic carbocycles. The van der Waals surface area contributed by atoms with Gasteiger partial charge in [0.1, 0.15) is 0 Å². The van der Waals surface area contributed by atoms with E-state index in [4.69, 9.17) is 8.85 Å². The van der Waals surface area contributed by atoms with Gasteiger partial charge in [-0.2, -0.15) is 0 Å². The van der Waals surface area contributed by atoms with Crippen molar-refractivity contribution in [2.45, 2.75) is 77.8 Å². The summed E-state index contributed by atoms with van der Waals surface area (Å²) in [6, 6.07) is 1.25. The molecule has 4 heteroatoms. The van der Waals surface area contributed by atoms with E-state index in [1.54, 1.807) is 0 Å². The third kappa shape index (κ3) is 7.07. The molecule has 18 heavy (non-hydrogen) atoms. The molecule has 0 unspecified atom stereocenters. The van der Waals surface area contributed by atoms with Crippen LogP contribution in [0, 0.1) is 0 Å². The highest BCUT2D eigenvalue weighted by molar-refractivity contribution is 6.74. The number of rotatable bonds is 8. The van der Waals surface area contributed by atoms with E-state index in [2.05, 4.69) is 53.9 Å². The first-order valence-corrected chi connectivity index (χ1v) is 13.3. The van der Waals surface area contributed by atoms with Gasteiger partial charge in [0.25, 0.3) is 0 Å². The van der Waals surface area contributed by atoms with Crippen LogP contribution in [0.25, 0.3) is 0 Å². The molecule has 0 aromatic heterocycles. The summed E-state index contributed by atoms with van der Waals surface area (Å²) in [5.74, 6) is 0. The fourth-order valence-electron chi connectivity index (χ4n) is 1.66. The maximum atomic E-state index is 6.18. The van der Waals surface area contributed by atoms with Gasteiger partial charge in [-0.1, -0.05) is 27.2 Å². The highest BCUT2D eigenvalue weighted by atomic mass is 28.4. The Bertz CT molecular complexity index is 232. The van der Waals surface area contributed by atoms with Crippen LogP contribution in [-0.2, 0) is 8.85 Å². The molecular formula is C14H34O2Si2. The van der Waals surface area contributed by atoms with Gasteiger partial charge in [-0.25, -0.2) is 0 Å². The average molecular weight is 291 g/mol. The first-order valence-electron chi connectivity index (χ1n) is 7.30. The molecule has 2 nitrogen and oxygen atoms in total. The van der Waals surface area contributed by atoms with Crippen molar-refractivity contribution in [1.82, 2.24) is 0 Å². The van der Waals surface area contributed by atoms with E-state index in [1.807, 2.05) is 0 Å². The lowest BCUT2D eigenvalue weighted by Crippen LogP contribution is -2.41. The predicted molar refractivity (Wildman–Crippen MR) is 86.3 cm³/mol. The summed E-state index contributed by atoms with van der Waals surface area (Å²) < 4.78 is 12.0. The van der Waals surface area contributed by atoms with E-state index in [0.29, 0.717) is 5.04 Å². The van der Waals surface area contributed by atoms with Gasteiger partial charge in [-0.05, 0) is 50.6 Å². The van der Waals surface area contributed by atoms with E-state index in [-0.39, 0.29) is 0 Å². The minimum atomic E-state index is -1.54. The maximum absolute atomic E-state index is 6.18. The average Bonchev–Trinajstić information content (AvgIpc) is 2.14. The van der Waals surface area contributed by atoms with Gasteiger partial charge in [0.15, 0.2) is 16.6 Å². The van der Waals surface area contributed by atoms with Crippen molar-refractivity contribution in [3.05, 3.63) is 0 Å². The largest absolute Gasteiger partial charge is 0.418 e. The highest BCUT2D eigenvalue weighted by Gasteiger charge is 2.36. The van der Waals surface area contributed by atoms with Gasteiger partial charge in [-0.3, -0.25) is 0 Å². The predicted octanol–water partition coefficient (Wildman–Crippen LogP) is 5.03. The lowest BCUT2D eigenvalue weighted by molar-refractivity contribution is 0.278. The second-order valence-corrected chi connectivity index (χ2v) is 16.4. The van der Waals surface area contributed by atoms with Crippen LogP contribution in [0.15, 0.2) is 0 Å². The molecule has 0 amide bonds. The summed E-state index contributed by atoms with van der Waals surface area (Å²) >= 11 is 0. The second kappa shape index (κ2) is 7.22. The summed E-state index contributed by atoms with van der Waals surface area (Å²) in [6.45, 7) is 20.0. The fourth-order valence-corrected chi connectivity index (χ4v) is 4.77. The molecule has 0 saturated carbocycles. The Morgan fingerprint density at radius 2 is 1.44 bits per heavy atom. The van der Waals surface area contributed by atoms with Crippen molar-refractivity contribution in [3.63, 3.8) is 0 Å². The van der Waals surface area contributed by atoms with Crippen molar-refractivity contribution in [2.24, 2.45) is 0 Å². The topological polar surface area (TPSA) is 18.5 Å². The fraction of sp³-hybridized carbons (Fsp3) is 1.00. The molecule has 0 fully saturated rings. The van der Waals surface area contributed by atoms with E-state index < -0.39 is 16.6 Å². The van der Waals surface area contributed by atoms with Crippen LogP contribution < -0.4 is 0 Å². The Hall–Kier alpha value is 0.354. The smallest absolute Gasteiger partial charge is 0.191 e.